The number of thioether (sulfide) groups is 1. The highest BCUT2D eigenvalue weighted by molar-refractivity contribution is 7.98. The Balaban J connectivity index is 1.65. The van der Waals surface area contributed by atoms with Crippen molar-refractivity contribution in [2.24, 2.45) is 0 Å². The SMILES string of the molecule is COCOc1cc(Cn2cnc3c(SCc4ccccc4)nc(F)nc32)c2c(C#C[Si](C(C)C)(C(C)C)C(C)C)c(F)ccc2c1. The van der Waals surface area contributed by atoms with Crippen molar-refractivity contribution in [2.45, 2.75) is 75.5 Å². The van der Waals surface area contributed by atoms with Crippen molar-refractivity contribution in [3.63, 3.8) is 0 Å². The van der Waals surface area contributed by atoms with E-state index in [9.17, 15) is 4.39 Å². The Bertz CT molecular complexity index is 1880. The summed E-state index contributed by atoms with van der Waals surface area (Å²) in [6.07, 6.45) is 0.792. The second kappa shape index (κ2) is 14.3. The summed E-state index contributed by atoms with van der Waals surface area (Å²) in [6, 6.07) is 16.8. The van der Waals surface area contributed by atoms with Crippen molar-refractivity contribution in [2.75, 3.05) is 13.9 Å². The quantitative estimate of drug-likeness (QED) is 0.0352. The topological polar surface area (TPSA) is 62.1 Å². The molecule has 0 fully saturated rings. The molecule has 0 atom stereocenters. The summed E-state index contributed by atoms with van der Waals surface area (Å²) in [5, 5.41) is 1.93. The van der Waals surface area contributed by atoms with Crippen LogP contribution in [0, 0.1) is 23.4 Å². The van der Waals surface area contributed by atoms with Gasteiger partial charge in [0.1, 0.15) is 30.2 Å². The van der Waals surface area contributed by atoms with Gasteiger partial charge in [-0.3, -0.25) is 0 Å². The Kier molecular flexibility index (Phi) is 10.5. The molecule has 0 aliphatic heterocycles. The standard InChI is InChI=1S/C36H40F2N4O2SSi/c1-23(2)46(24(3)4,25(5)6)16-15-30-31(37)14-13-27-17-29(44-22-43-7)18-28(32(27)30)19-42-21-39-33-34(42)40-36(38)41-35(33)45-20-26-11-9-8-10-12-26/h8-14,17-18,21,23-25H,19-20,22H2,1-7H3. The molecule has 0 amide bonds. The van der Waals surface area contributed by atoms with Crippen LogP contribution in [0.5, 0.6) is 5.75 Å². The van der Waals surface area contributed by atoms with Gasteiger partial charge in [-0.15, -0.1) is 5.54 Å². The number of fused-ring (bicyclic) bond motifs is 2. The highest BCUT2D eigenvalue weighted by atomic mass is 32.2. The summed E-state index contributed by atoms with van der Waals surface area (Å²) >= 11 is 1.41. The molecule has 2 heterocycles. The summed E-state index contributed by atoms with van der Waals surface area (Å²) in [5.74, 6) is 4.16. The highest BCUT2D eigenvalue weighted by Crippen LogP contribution is 2.41. The molecule has 5 aromatic rings. The van der Waals surface area contributed by atoms with Gasteiger partial charge in [-0.25, -0.2) is 9.37 Å². The predicted octanol–water partition coefficient (Wildman–Crippen LogP) is 9.15. The van der Waals surface area contributed by atoms with E-state index in [0.717, 1.165) is 16.5 Å². The molecule has 6 nitrogen and oxygen atoms in total. The van der Waals surface area contributed by atoms with E-state index < -0.39 is 14.2 Å². The van der Waals surface area contributed by atoms with E-state index in [1.807, 2.05) is 42.5 Å². The lowest BCUT2D eigenvalue weighted by atomic mass is 9.98. The van der Waals surface area contributed by atoms with Crippen LogP contribution in [0.2, 0.25) is 16.6 Å². The number of methoxy groups -OCH3 is 1. The predicted molar refractivity (Wildman–Crippen MR) is 185 cm³/mol. The number of nitrogens with zero attached hydrogens (tertiary/aromatic N) is 4. The molecule has 0 N–H and O–H groups in total. The molecule has 46 heavy (non-hydrogen) atoms. The van der Waals surface area contributed by atoms with Gasteiger partial charge in [0.2, 0.25) is 0 Å². The smallest absolute Gasteiger partial charge is 0.311 e. The molecule has 0 bridgehead atoms. The number of ether oxygens (including phenoxy) is 2. The van der Waals surface area contributed by atoms with Gasteiger partial charge in [0.25, 0.3) is 0 Å². The lowest BCUT2D eigenvalue weighted by Gasteiger charge is -2.38. The van der Waals surface area contributed by atoms with E-state index in [1.54, 1.807) is 24.1 Å². The van der Waals surface area contributed by atoms with Crippen LogP contribution in [0.25, 0.3) is 21.9 Å². The molecular formula is C36H40F2N4O2SSi. The van der Waals surface area contributed by atoms with Gasteiger partial charge < -0.3 is 14.0 Å². The Morgan fingerprint density at radius 2 is 1.65 bits per heavy atom. The van der Waals surface area contributed by atoms with E-state index in [2.05, 4.69) is 68.0 Å². The molecule has 0 saturated heterocycles. The van der Waals surface area contributed by atoms with Crippen molar-refractivity contribution in [3.05, 3.63) is 89.5 Å². The summed E-state index contributed by atoms with van der Waals surface area (Å²) in [7, 11) is -0.602. The van der Waals surface area contributed by atoms with Crippen molar-refractivity contribution >= 4 is 41.8 Å². The van der Waals surface area contributed by atoms with E-state index in [-0.39, 0.29) is 19.2 Å². The monoisotopic (exact) mass is 658 g/mol. The average molecular weight is 659 g/mol. The van der Waals surface area contributed by atoms with Crippen LogP contribution < -0.4 is 4.74 Å². The molecule has 10 heteroatoms. The zero-order chi connectivity index (χ0) is 33.0. The fourth-order valence-corrected chi connectivity index (χ4v) is 12.7. The zero-order valence-electron chi connectivity index (χ0n) is 27.4. The molecule has 5 rings (SSSR count). The fraction of sp³-hybridized carbons (Fsp3) is 0.361. The Hall–Kier alpha value is -3.78. The number of hydrogen-bond donors (Lipinski definition) is 0. The Labute approximate surface area is 275 Å². The summed E-state index contributed by atoms with van der Waals surface area (Å²) in [4.78, 5) is 12.8. The number of aromatic nitrogens is 4. The fourth-order valence-electron chi connectivity index (χ4n) is 6.58. The van der Waals surface area contributed by atoms with E-state index >= 15 is 4.39 Å². The number of hydrogen-bond acceptors (Lipinski definition) is 6. The van der Waals surface area contributed by atoms with Gasteiger partial charge in [-0.05, 0) is 51.3 Å². The van der Waals surface area contributed by atoms with Crippen LogP contribution in [0.4, 0.5) is 8.78 Å². The third kappa shape index (κ3) is 6.82. The van der Waals surface area contributed by atoms with E-state index in [0.29, 0.717) is 55.3 Å². The second-order valence-electron chi connectivity index (χ2n) is 12.4. The Morgan fingerprint density at radius 3 is 2.33 bits per heavy atom. The number of rotatable bonds is 11. The third-order valence-corrected chi connectivity index (χ3v) is 16.0. The van der Waals surface area contributed by atoms with Gasteiger partial charge in [0, 0.05) is 18.2 Å². The van der Waals surface area contributed by atoms with Gasteiger partial charge in [0.15, 0.2) is 12.4 Å². The second-order valence-corrected chi connectivity index (χ2v) is 19.0. The van der Waals surface area contributed by atoms with Crippen LogP contribution in [0.3, 0.4) is 0 Å². The Morgan fingerprint density at radius 1 is 0.935 bits per heavy atom. The minimum Gasteiger partial charge on any atom is -0.468 e. The van der Waals surface area contributed by atoms with Gasteiger partial charge in [0.05, 0.1) is 18.4 Å². The largest absolute Gasteiger partial charge is 0.468 e. The maximum absolute atomic E-state index is 15.8. The molecule has 0 unspecified atom stereocenters. The first-order valence-corrected chi connectivity index (χ1v) is 18.7. The van der Waals surface area contributed by atoms with Gasteiger partial charge >= 0.3 is 6.08 Å². The van der Waals surface area contributed by atoms with Crippen LogP contribution in [0.15, 0.2) is 66.0 Å². The third-order valence-electron chi connectivity index (χ3n) is 8.70. The maximum Gasteiger partial charge on any atom is 0.311 e. The first-order chi connectivity index (χ1) is 22.0. The minimum atomic E-state index is -2.16. The van der Waals surface area contributed by atoms with Gasteiger partial charge in [-0.2, -0.15) is 14.4 Å². The molecule has 3 aromatic carbocycles. The van der Waals surface area contributed by atoms with Crippen molar-refractivity contribution < 1.29 is 18.3 Å². The number of benzene rings is 3. The molecule has 0 aliphatic carbocycles. The lowest BCUT2D eigenvalue weighted by molar-refractivity contribution is 0.0512. The normalized spacial score (nSPS) is 12.0. The van der Waals surface area contributed by atoms with Crippen molar-refractivity contribution in [1.29, 1.82) is 0 Å². The van der Waals surface area contributed by atoms with Gasteiger partial charge in [-0.1, -0.05) is 95.6 Å². The summed E-state index contributed by atoms with van der Waals surface area (Å²) < 4.78 is 43.4. The first kappa shape index (κ1) is 33.6. The molecular weight excluding hydrogens is 619 g/mol. The van der Waals surface area contributed by atoms with Crippen molar-refractivity contribution in [1.82, 2.24) is 19.5 Å². The molecule has 0 spiro atoms. The number of halogens is 2. The molecule has 0 saturated carbocycles. The summed E-state index contributed by atoms with van der Waals surface area (Å²) in [6.45, 7) is 13.7. The maximum atomic E-state index is 15.8. The molecule has 2 aromatic heterocycles. The first-order valence-electron chi connectivity index (χ1n) is 15.5. The number of imidazole rings is 1. The van der Waals surface area contributed by atoms with Crippen LogP contribution in [0.1, 0.15) is 58.2 Å². The van der Waals surface area contributed by atoms with E-state index in [1.165, 1.54) is 17.8 Å². The molecule has 0 radical (unpaired) electrons. The zero-order valence-corrected chi connectivity index (χ0v) is 29.2. The van der Waals surface area contributed by atoms with E-state index in [4.69, 9.17) is 9.47 Å². The van der Waals surface area contributed by atoms with Crippen LogP contribution in [-0.2, 0) is 17.0 Å². The van der Waals surface area contributed by atoms with Crippen LogP contribution >= 0.6 is 11.8 Å². The average Bonchev–Trinajstić information content (AvgIpc) is 3.42. The van der Waals surface area contributed by atoms with Crippen molar-refractivity contribution in [3.8, 4) is 17.2 Å². The molecule has 0 aliphatic rings. The highest BCUT2D eigenvalue weighted by Gasteiger charge is 2.41. The van der Waals surface area contributed by atoms with Crippen LogP contribution in [-0.4, -0.2) is 41.5 Å². The summed E-state index contributed by atoms with van der Waals surface area (Å²) in [5.41, 5.74) is 7.93. The molecule has 240 valence electrons. The lowest BCUT2D eigenvalue weighted by Crippen LogP contribution is -2.43. The minimum absolute atomic E-state index is 0.0541.